The molecule has 188 valence electrons. The molecule has 0 aliphatic carbocycles. The number of carbonyl (C=O) groups is 2. The minimum Gasteiger partial charge on any atom is -0.496 e. The first-order valence-electron chi connectivity index (χ1n) is 11.6. The lowest BCUT2D eigenvalue weighted by atomic mass is 10.1. The van der Waals surface area contributed by atoms with E-state index in [-0.39, 0.29) is 10.8 Å². The maximum atomic E-state index is 13.6. The van der Waals surface area contributed by atoms with Crippen LogP contribution in [0.25, 0.3) is 0 Å². The third kappa shape index (κ3) is 5.21. The van der Waals surface area contributed by atoms with Crippen LogP contribution < -0.4 is 19.3 Å². The molecule has 0 saturated carbocycles. The van der Waals surface area contributed by atoms with Crippen LogP contribution in [-0.4, -0.2) is 40.4 Å². The Bertz CT molecular complexity index is 1390. The van der Waals surface area contributed by atoms with Crippen molar-refractivity contribution in [3.8, 4) is 5.75 Å². The topological polar surface area (TPSA) is 96.0 Å². The van der Waals surface area contributed by atoms with Gasteiger partial charge in [-0.1, -0.05) is 18.2 Å². The predicted molar refractivity (Wildman–Crippen MR) is 140 cm³/mol. The van der Waals surface area contributed by atoms with E-state index in [0.717, 1.165) is 22.0 Å². The van der Waals surface area contributed by atoms with Crippen LogP contribution in [0.3, 0.4) is 0 Å². The van der Waals surface area contributed by atoms with E-state index in [4.69, 9.17) is 4.74 Å². The van der Waals surface area contributed by atoms with Crippen molar-refractivity contribution in [2.45, 2.75) is 31.6 Å². The van der Waals surface area contributed by atoms with Crippen LogP contribution in [0.2, 0.25) is 0 Å². The van der Waals surface area contributed by atoms with Crippen LogP contribution in [0.4, 0.5) is 17.1 Å². The monoisotopic (exact) mass is 507 g/mol. The highest BCUT2D eigenvalue weighted by Crippen LogP contribution is 2.29. The van der Waals surface area contributed by atoms with Crippen molar-refractivity contribution >= 4 is 38.9 Å². The summed E-state index contributed by atoms with van der Waals surface area (Å²) < 4.78 is 33.6. The van der Waals surface area contributed by atoms with E-state index >= 15 is 0 Å². The number of nitrogens with one attached hydrogen (secondary N) is 1. The number of carbonyl (C=O) groups excluding carboxylic acids is 2. The number of methoxy groups -OCH3 is 1. The first-order valence-corrected chi connectivity index (χ1v) is 13.1. The third-order valence-electron chi connectivity index (χ3n) is 6.13. The lowest BCUT2D eigenvalue weighted by molar-refractivity contribution is -0.117. The van der Waals surface area contributed by atoms with Crippen molar-refractivity contribution in [2.75, 3.05) is 34.7 Å². The number of benzene rings is 3. The summed E-state index contributed by atoms with van der Waals surface area (Å²) in [6, 6.07) is 18.4. The number of ether oxygens (including phenoxy) is 1. The van der Waals surface area contributed by atoms with Gasteiger partial charge in [0.2, 0.25) is 11.8 Å². The van der Waals surface area contributed by atoms with Crippen LogP contribution in [0.5, 0.6) is 5.75 Å². The number of sulfonamides is 1. The molecule has 4 rings (SSSR count). The number of anilines is 3. The molecule has 0 atom stereocenters. The molecular formula is C27H29N3O5S. The maximum absolute atomic E-state index is 13.6. The van der Waals surface area contributed by atoms with Gasteiger partial charge in [0.05, 0.1) is 17.7 Å². The summed E-state index contributed by atoms with van der Waals surface area (Å²) in [7, 11) is -2.53. The molecule has 1 saturated heterocycles. The van der Waals surface area contributed by atoms with Gasteiger partial charge in [-0.2, -0.15) is 0 Å². The van der Waals surface area contributed by atoms with E-state index in [1.165, 1.54) is 19.2 Å². The number of para-hydroxylation sites is 1. The molecule has 1 N–H and O–H groups in total. The molecule has 1 heterocycles. The lowest BCUT2D eigenvalue weighted by Gasteiger charge is -2.24. The summed E-state index contributed by atoms with van der Waals surface area (Å²) in [4.78, 5) is 27.0. The zero-order valence-corrected chi connectivity index (χ0v) is 21.3. The van der Waals surface area contributed by atoms with Gasteiger partial charge in [0.25, 0.3) is 10.0 Å². The van der Waals surface area contributed by atoms with Gasteiger partial charge in [-0.15, -0.1) is 0 Å². The Morgan fingerprint density at radius 3 is 2.39 bits per heavy atom. The molecule has 9 heteroatoms. The minimum absolute atomic E-state index is 0.0629. The van der Waals surface area contributed by atoms with E-state index in [1.807, 2.05) is 6.92 Å². The maximum Gasteiger partial charge on any atom is 0.264 e. The van der Waals surface area contributed by atoms with E-state index in [9.17, 15) is 18.0 Å². The van der Waals surface area contributed by atoms with Gasteiger partial charge in [-0.3, -0.25) is 13.9 Å². The van der Waals surface area contributed by atoms with Gasteiger partial charge < -0.3 is 15.0 Å². The predicted octanol–water partition coefficient (Wildman–Crippen LogP) is 4.27. The first kappa shape index (κ1) is 25.2. The quantitative estimate of drug-likeness (QED) is 0.491. The summed E-state index contributed by atoms with van der Waals surface area (Å²) in [5.74, 6) is 0.178. The van der Waals surface area contributed by atoms with Crippen molar-refractivity contribution < 1.29 is 22.7 Å². The summed E-state index contributed by atoms with van der Waals surface area (Å²) >= 11 is 0. The molecule has 3 aromatic carbocycles. The molecule has 36 heavy (non-hydrogen) atoms. The Hall–Kier alpha value is -3.85. The van der Waals surface area contributed by atoms with E-state index in [2.05, 4.69) is 5.32 Å². The number of hydrogen-bond acceptors (Lipinski definition) is 5. The highest BCUT2D eigenvalue weighted by Gasteiger charge is 2.28. The highest BCUT2D eigenvalue weighted by atomic mass is 32.2. The molecular weight excluding hydrogens is 478 g/mol. The van der Waals surface area contributed by atoms with Gasteiger partial charge in [-0.25, -0.2) is 8.42 Å². The minimum atomic E-state index is -4.05. The van der Waals surface area contributed by atoms with Gasteiger partial charge in [0.1, 0.15) is 12.3 Å². The van der Waals surface area contributed by atoms with E-state index in [1.54, 1.807) is 66.4 Å². The Labute approximate surface area is 211 Å². The van der Waals surface area contributed by atoms with Crippen LogP contribution in [0, 0.1) is 13.8 Å². The van der Waals surface area contributed by atoms with Crippen LogP contribution in [0.15, 0.2) is 71.6 Å². The molecule has 8 nitrogen and oxygen atoms in total. The summed E-state index contributed by atoms with van der Waals surface area (Å²) in [6.07, 6.45) is 1.36. The van der Waals surface area contributed by atoms with E-state index < -0.39 is 22.5 Å². The molecule has 0 spiro atoms. The standard InChI is InChI=1S/C27H29N3O5S/c1-19-16-21(11-13-24(19)29-15-7-10-27(29)32)28-26(31)18-30(22-8-5-4-6-9-22)36(33,34)23-12-14-25(35-3)20(2)17-23/h4-6,8-9,11-14,16-17H,7,10,15,18H2,1-3H3,(H,28,31). The average molecular weight is 508 g/mol. The second-order valence-corrected chi connectivity index (χ2v) is 10.5. The smallest absolute Gasteiger partial charge is 0.264 e. The fourth-order valence-electron chi connectivity index (χ4n) is 4.32. The number of rotatable bonds is 8. The Morgan fingerprint density at radius 2 is 1.78 bits per heavy atom. The molecule has 0 radical (unpaired) electrons. The normalized spacial score (nSPS) is 13.5. The molecule has 0 aromatic heterocycles. The van der Waals surface area contributed by atoms with Crippen molar-refractivity contribution in [1.82, 2.24) is 0 Å². The van der Waals surface area contributed by atoms with E-state index in [0.29, 0.717) is 35.7 Å². The molecule has 0 unspecified atom stereocenters. The van der Waals surface area contributed by atoms with Crippen LogP contribution >= 0.6 is 0 Å². The summed E-state index contributed by atoms with van der Waals surface area (Å²) in [5, 5.41) is 2.80. The first-order chi connectivity index (χ1) is 17.2. The average Bonchev–Trinajstić information content (AvgIpc) is 3.28. The second-order valence-electron chi connectivity index (χ2n) is 8.68. The largest absolute Gasteiger partial charge is 0.496 e. The fraction of sp³-hybridized carbons (Fsp3) is 0.259. The zero-order chi connectivity index (χ0) is 25.9. The van der Waals surface area contributed by atoms with Crippen molar-refractivity contribution in [3.63, 3.8) is 0 Å². The number of aryl methyl sites for hydroxylation is 2. The number of nitrogens with zero attached hydrogens (tertiary/aromatic N) is 2. The van der Waals surface area contributed by atoms with Crippen LogP contribution in [0.1, 0.15) is 24.0 Å². The molecule has 1 fully saturated rings. The molecule has 1 aliphatic rings. The van der Waals surface area contributed by atoms with Gasteiger partial charge in [0.15, 0.2) is 0 Å². The number of hydrogen-bond donors (Lipinski definition) is 1. The molecule has 3 aromatic rings. The van der Waals surface area contributed by atoms with Gasteiger partial charge >= 0.3 is 0 Å². The Morgan fingerprint density at radius 1 is 1.03 bits per heavy atom. The zero-order valence-electron chi connectivity index (χ0n) is 20.5. The van der Waals surface area contributed by atoms with Gasteiger partial charge in [-0.05, 0) is 79.9 Å². The SMILES string of the molecule is COc1ccc(S(=O)(=O)N(CC(=O)Nc2ccc(N3CCCC3=O)c(C)c2)c2ccccc2)cc1C. The third-order valence-corrected chi connectivity index (χ3v) is 7.90. The Balaban J connectivity index is 1.58. The van der Waals surface area contributed by atoms with Crippen molar-refractivity contribution in [3.05, 3.63) is 77.9 Å². The van der Waals surface area contributed by atoms with Gasteiger partial charge in [0, 0.05) is 24.3 Å². The molecule has 0 bridgehead atoms. The second kappa shape index (κ2) is 10.4. The number of amides is 2. The van der Waals surface area contributed by atoms with Crippen LogP contribution in [-0.2, 0) is 19.6 Å². The lowest BCUT2D eigenvalue weighted by Crippen LogP contribution is -2.38. The summed E-state index contributed by atoms with van der Waals surface area (Å²) in [6.45, 7) is 3.91. The molecule has 2 amide bonds. The summed E-state index contributed by atoms with van der Waals surface area (Å²) in [5.41, 5.74) is 3.24. The highest BCUT2D eigenvalue weighted by molar-refractivity contribution is 7.92. The Kier molecular flexibility index (Phi) is 7.30. The fourth-order valence-corrected chi connectivity index (χ4v) is 5.82. The van der Waals surface area contributed by atoms with Crippen molar-refractivity contribution in [1.29, 1.82) is 0 Å². The van der Waals surface area contributed by atoms with Crippen molar-refractivity contribution in [2.24, 2.45) is 0 Å². The molecule has 1 aliphatic heterocycles.